The van der Waals surface area contributed by atoms with E-state index in [2.05, 4.69) is 0 Å². The van der Waals surface area contributed by atoms with Crippen LogP contribution < -0.4 is 101 Å². The van der Waals surface area contributed by atoms with Crippen LogP contribution in [0.3, 0.4) is 0 Å². The van der Waals surface area contributed by atoms with Crippen LogP contribution in [0.4, 0.5) is 0 Å². The van der Waals surface area contributed by atoms with E-state index in [9.17, 15) is 0 Å². The van der Waals surface area contributed by atoms with Crippen molar-refractivity contribution >= 4 is 0 Å². The molecule has 0 heterocycles. The maximum Gasteiger partial charge on any atom is 1.00 e. The summed E-state index contributed by atoms with van der Waals surface area (Å²) in [5.74, 6) is 0. The molecule has 36 valence electrons. The molecule has 0 N–H and O–H groups in total. The van der Waals surface area contributed by atoms with Gasteiger partial charge in [-0.3, -0.25) is 0 Å². The molecule has 6 heavy (non-hydrogen) atoms. The molecule has 0 fully saturated rings. The van der Waals surface area contributed by atoms with E-state index in [-0.39, 0.29) is 132 Å². The molecule has 0 rings (SSSR count). The second-order valence-electron chi connectivity index (χ2n) is 0. The molecule has 0 aromatic rings. The van der Waals surface area contributed by atoms with E-state index in [4.69, 9.17) is 0 Å². The molecule has 0 atom stereocenters. The number of hydrogen-bond donors (Lipinski definition) is 0. The van der Waals surface area contributed by atoms with Crippen molar-refractivity contribution in [3.05, 3.63) is 0 Å². The zero-order valence-corrected chi connectivity index (χ0v) is 13.3. The molecular weight excluding hydrogens is 419 g/mol. The summed E-state index contributed by atoms with van der Waals surface area (Å²) in [6.07, 6.45) is 0. The Hall–Kier alpha value is 3.85. The minimum atomic E-state index is 0. The van der Waals surface area contributed by atoms with Crippen molar-refractivity contribution in [2.75, 3.05) is 0 Å². The maximum absolute atomic E-state index is 0. The Balaban J connectivity index is 0. The molecule has 0 amide bonds. The van der Waals surface area contributed by atoms with Crippen molar-refractivity contribution in [3.8, 4) is 0 Å². The first-order valence-electron chi connectivity index (χ1n) is 0. The summed E-state index contributed by atoms with van der Waals surface area (Å²) in [5, 5.41) is 0. The van der Waals surface area contributed by atoms with Gasteiger partial charge in [0, 0.05) is 31.1 Å². The van der Waals surface area contributed by atoms with Gasteiger partial charge in [-0.15, -0.1) is 0 Å². The number of rotatable bonds is 0. The van der Waals surface area contributed by atoms with Crippen LogP contribution in [0, 0.1) is 31.1 Å². The zero-order chi connectivity index (χ0) is 0. The third-order valence-corrected chi connectivity index (χ3v) is 0. The van der Waals surface area contributed by atoms with E-state index in [1.165, 1.54) is 0 Å². The first-order valence-corrected chi connectivity index (χ1v) is 0. The van der Waals surface area contributed by atoms with Gasteiger partial charge in [-0.1, -0.05) is 0 Å². The standard InChI is InChI=1S/4ClH.K.U/h4*1H;;/q;;;;+1;/p-4. The Labute approximate surface area is 129 Å². The zero-order valence-electron chi connectivity index (χ0n) is 3.01. The SMILES string of the molecule is [Cl-].[Cl-].[Cl-].[Cl-].[K+].[U]. The molecule has 0 aromatic heterocycles. The molecule has 0 unspecified atom stereocenters. The number of hydrogen-bond acceptors (Lipinski definition) is 0. The van der Waals surface area contributed by atoms with Gasteiger partial charge in [0.25, 0.3) is 0 Å². The summed E-state index contributed by atoms with van der Waals surface area (Å²) < 4.78 is 0. The van der Waals surface area contributed by atoms with Crippen molar-refractivity contribution in [2.24, 2.45) is 0 Å². The third kappa shape index (κ3) is 24.9. The predicted molar refractivity (Wildman–Crippen MR) is 0 cm³/mol. The van der Waals surface area contributed by atoms with Crippen molar-refractivity contribution in [2.45, 2.75) is 0 Å². The van der Waals surface area contributed by atoms with Crippen molar-refractivity contribution in [1.29, 1.82) is 0 Å². The van der Waals surface area contributed by atoms with Crippen LogP contribution in [-0.2, 0) is 0 Å². The Kier molecular flexibility index (Phi) is 319. The first kappa shape index (κ1) is 52.1. The van der Waals surface area contributed by atoms with Crippen LogP contribution in [0.1, 0.15) is 0 Å². The average molecular weight is 419 g/mol. The van der Waals surface area contributed by atoms with Crippen LogP contribution in [0.2, 0.25) is 0 Å². The minimum absolute atomic E-state index is 0. The van der Waals surface area contributed by atoms with E-state index < -0.39 is 0 Å². The largest absolute Gasteiger partial charge is 1.00 e. The van der Waals surface area contributed by atoms with E-state index in [1.807, 2.05) is 0 Å². The van der Waals surface area contributed by atoms with Crippen LogP contribution in [0.25, 0.3) is 0 Å². The molecule has 0 radical (unpaired) electrons. The Morgan fingerprint density at radius 1 is 0.500 bits per heavy atom. The molecular formula is Cl4KU-3. The van der Waals surface area contributed by atoms with Gasteiger partial charge >= 0.3 is 51.4 Å². The summed E-state index contributed by atoms with van der Waals surface area (Å²) in [6, 6.07) is 0. The average Bonchev–Trinajstić information content (AvgIpc) is 0. The second kappa shape index (κ2) is 36.8. The second-order valence-corrected chi connectivity index (χ2v) is 0. The van der Waals surface area contributed by atoms with Gasteiger partial charge in [0.1, 0.15) is 0 Å². The topological polar surface area (TPSA) is 0 Å². The van der Waals surface area contributed by atoms with E-state index in [0.717, 1.165) is 0 Å². The van der Waals surface area contributed by atoms with Gasteiger partial charge in [-0.25, -0.2) is 0 Å². The van der Waals surface area contributed by atoms with Gasteiger partial charge in [0.15, 0.2) is 0 Å². The summed E-state index contributed by atoms with van der Waals surface area (Å²) in [5.41, 5.74) is 0. The minimum Gasteiger partial charge on any atom is -1.00 e. The van der Waals surface area contributed by atoms with E-state index >= 15 is 0 Å². The molecule has 0 saturated carbocycles. The maximum atomic E-state index is 0. The summed E-state index contributed by atoms with van der Waals surface area (Å²) in [4.78, 5) is 0. The van der Waals surface area contributed by atoms with Gasteiger partial charge < -0.3 is 49.6 Å². The van der Waals surface area contributed by atoms with Gasteiger partial charge in [-0.2, -0.15) is 0 Å². The van der Waals surface area contributed by atoms with Crippen molar-refractivity contribution < 1.29 is 132 Å². The summed E-state index contributed by atoms with van der Waals surface area (Å²) >= 11 is 0. The Morgan fingerprint density at radius 3 is 0.500 bits per heavy atom. The molecule has 6 heteroatoms. The quantitative estimate of drug-likeness (QED) is 0.343. The van der Waals surface area contributed by atoms with Crippen LogP contribution in [0.15, 0.2) is 0 Å². The monoisotopic (exact) mass is 417 g/mol. The number of halogens is 4. The van der Waals surface area contributed by atoms with Crippen molar-refractivity contribution in [3.63, 3.8) is 0 Å². The fraction of sp³-hybridized carbons (Fsp3) is 0. The Bertz CT molecular complexity index is 7.51. The molecule has 0 aliphatic rings. The van der Waals surface area contributed by atoms with Gasteiger partial charge in [0.05, 0.1) is 0 Å². The molecule has 0 bridgehead atoms. The Morgan fingerprint density at radius 2 is 0.500 bits per heavy atom. The molecule has 0 aromatic carbocycles. The van der Waals surface area contributed by atoms with E-state index in [0.29, 0.717) is 0 Å². The molecule has 0 saturated heterocycles. The third-order valence-electron chi connectivity index (χ3n) is 0. The fourth-order valence-electron chi connectivity index (χ4n) is 0. The van der Waals surface area contributed by atoms with Crippen molar-refractivity contribution in [1.82, 2.24) is 0 Å². The predicted octanol–water partition coefficient (Wildman–Crippen LogP) is -15.0. The van der Waals surface area contributed by atoms with Gasteiger partial charge in [-0.05, 0) is 0 Å². The molecule has 0 aliphatic carbocycles. The van der Waals surface area contributed by atoms with Crippen LogP contribution >= 0.6 is 0 Å². The first-order chi connectivity index (χ1) is 0. The molecule has 0 aliphatic heterocycles. The smallest absolute Gasteiger partial charge is 1.00 e. The normalized spacial score (nSPS) is 0. The molecule has 0 spiro atoms. The molecule has 0 nitrogen and oxygen atoms in total. The summed E-state index contributed by atoms with van der Waals surface area (Å²) in [6.45, 7) is 0. The summed E-state index contributed by atoms with van der Waals surface area (Å²) in [7, 11) is 0. The van der Waals surface area contributed by atoms with E-state index in [1.54, 1.807) is 0 Å². The van der Waals surface area contributed by atoms with Gasteiger partial charge in [0.2, 0.25) is 0 Å². The fourth-order valence-corrected chi connectivity index (χ4v) is 0. The van der Waals surface area contributed by atoms with Crippen LogP contribution in [-0.4, -0.2) is 0 Å². The van der Waals surface area contributed by atoms with Crippen LogP contribution in [0.5, 0.6) is 0 Å².